The summed E-state index contributed by atoms with van der Waals surface area (Å²) in [5, 5.41) is 13.6. The van der Waals surface area contributed by atoms with Gasteiger partial charge < -0.3 is 17.7 Å². The number of nitrogens with zero attached hydrogens (tertiary/aromatic N) is 9. The maximum Gasteiger partial charge on any atom is 0.164 e. The van der Waals surface area contributed by atoms with Crippen molar-refractivity contribution in [3.63, 3.8) is 0 Å². The molecule has 13 nitrogen and oxygen atoms in total. The summed E-state index contributed by atoms with van der Waals surface area (Å²) in [5.74, 6) is 5.41. The molecule has 0 saturated carbocycles. The average molecular weight is 1960 g/mol. The molecular formula is C135H81N9O4S2. The first-order valence-corrected chi connectivity index (χ1v) is 51.4. The van der Waals surface area contributed by atoms with E-state index in [9.17, 15) is 0 Å². The number of thiophene rings is 2. The summed E-state index contributed by atoms with van der Waals surface area (Å²) >= 11 is 3.62. The van der Waals surface area contributed by atoms with Crippen molar-refractivity contribution in [2.75, 3.05) is 0 Å². The van der Waals surface area contributed by atoms with E-state index in [-0.39, 0.29) is 0 Å². The second-order valence-electron chi connectivity index (χ2n) is 37.3. The van der Waals surface area contributed by atoms with Crippen molar-refractivity contribution in [2.45, 2.75) is 0 Å². The van der Waals surface area contributed by atoms with Gasteiger partial charge in [0.1, 0.15) is 44.7 Å². The van der Waals surface area contributed by atoms with Gasteiger partial charge >= 0.3 is 0 Å². The minimum absolute atomic E-state index is 0.561. The quantitative estimate of drug-likeness (QED) is 0.0951. The second kappa shape index (κ2) is 37.5. The first-order chi connectivity index (χ1) is 74.2. The molecule has 0 bridgehead atoms. The van der Waals surface area contributed by atoms with Crippen molar-refractivity contribution in [1.29, 1.82) is 0 Å². The van der Waals surface area contributed by atoms with Gasteiger partial charge in [-0.25, -0.2) is 44.9 Å². The third-order valence-electron chi connectivity index (χ3n) is 28.1. The van der Waals surface area contributed by atoms with Gasteiger partial charge in [0.25, 0.3) is 0 Å². The van der Waals surface area contributed by atoms with E-state index in [2.05, 4.69) is 340 Å². The molecular weight excluding hydrogens is 1880 g/mol. The van der Waals surface area contributed by atoms with E-state index in [0.717, 1.165) is 188 Å². The molecule has 0 spiro atoms. The number of hydrogen-bond donors (Lipinski definition) is 0. The number of para-hydroxylation sites is 2. The minimum Gasteiger partial charge on any atom is -0.456 e. The monoisotopic (exact) mass is 1960 g/mol. The average Bonchev–Trinajstić information content (AvgIpc) is 1.60. The lowest BCUT2D eigenvalue weighted by atomic mass is 9.99. The molecule has 0 saturated heterocycles. The molecule has 9 heterocycles. The highest BCUT2D eigenvalue weighted by Crippen LogP contribution is 2.47. The predicted molar refractivity (Wildman–Crippen MR) is 616 cm³/mol. The number of fused-ring (bicyclic) bond motifs is 18. The highest BCUT2D eigenvalue weighted by molar-refractivity contribution is 7.26. The summed E-state index contributed by atoms with van der Waals surface area (Å²) in [6, 6.07) is 170. The fraction of sp³-hybridized carbons (Fsp3) is 0. The Morgan fingerprint density at radius 3 is 0.773 bits per heavy atom. The van der Waals surface area contributed by atoms with Crippen molar-refractivity contribution < 1.29 is 17.7 Å². The Labute approximate surface area is 867 Å². The normalized spacial score (nSPS) is 11.6. The van der Waals surface area contributed by atoms with Crippen molar-refractivity contribution in [3.05, 3.63) is 491 Å². The molecule has 30 aromatic rings. The van der Waals surface area contributed by atoms with Gasteiger partial charge in [0.15, 0.2) is 52.4 Å². The Hall–Kier alpha value is -19.7. The van der Waals surface area contributed by atoms with Gasteiger partial charge in [-0.2, -0.15) is 0 Å². The van der Waals surface area contributed by atoms with Crippen LogP contribution in [-0.2, 0) is 0 Å². The van der Waals surface area contributed by atoms with Gasteiger partial charge in [0.2, 0.25) is 0 Å². The van der Waals surface area contributed by atoms with Crippen LogP contribution in [0.25, 0.3) is 297 Å². The highest BCUT2D eigenvalue weighted by atomic mass is 32.1. The zero-order valence-corrected chi connectivity index (χ0v) is 81.9. The molecule has 0 aliphatic heterocycles. The Bertz CT molecular complexity index is 10100. The van der Waals surface area contributed by atoms with Crippen LogP contribution < -0.4 is 0 Å². The molecule has 15 heteroatoms. The zero-order chi connectivity index (χ0) is 99.1. The first kappa shape index (κ1) is 88.0. The smallest absolute Gasteiger partial charge is 0.164 e. The number of hydrogen-bond acceptors (Lipinski definition) is 15. The zero-order valence-electron chi connectivity index (χ0n) is 80.2. The van der Waals surface area contributed by atoms with Crippen molar-refractivity contribution in [2.24, 2.45) is 0 Å². The molecule has 0 unspecified atom stereocenters. The van der Waals surface area contributed by atoms with Gasteiger partial charge in [-0.1, -0.05) is 388 Å². The molecule has 0 atom stereocenters. The third-order valence-corrected chi connectivity index (χ3v) is 30.3. The van der Waals surface area contributed by atoms with Crippen LogP contribution in [0, 0.1) is 0 Å². The van der Waals surface area contributed by atoms with Crippen LogP contribution in [0.3, 0.4) is 0 Å². The molecule has 702 valence electrons. The van der Waals surface area contributed by atoms with Crippen LogP contribution >= 0.6 is 22.7 Å². The number of benzene rings is 21. The van der Waals surface area contributed by atoms with E-state index in [4.69, 9.17) is 62.5 Å². The number of aromatic nitrogens is 9. The Balaban J connectivity index is 0.000000108. The lowest BCUT2D eigenvalue weighted by Gasteiger charge is -2.10. The maximum absolute atomic E-state index is 6.46. The topological polar surface area (TPSA) is 169 Å². The van der Waals surface area contributed by atoms with Crippen molar-refractivity contribution in [3.8, 4) is 169 Å². The van der Waals surface area contributed by atoms with Crippen LogP contribution in [0.1, 0.15) is 0 Å². The minimum atomic E-state index is 0.561. The van der Waals surface area contributed by atoms with Gasteiger partial charge in [0, 0.05) is 134 Å². The van der Waals surface area contributed by atoms with Gasteiger partial charge in [-0.15, -0.1) is 22.7 Å². The molecule has 0 aliphatic carbocycles. The molecule has 30 rings (SSSR count). The van der Waals surface area contributed by atoms with Gasteiger partial charge in [0.05, 0.1) is 0 Å². The molecule has 0 aliphatic rings. The van der Waals surface area contributed by atoms with Gasteiger partial charge in [-0.05, 0) is 170 Å². The summed E-state index contributed by atoms with van der Waals surface area (Å²) in [6.07, 6.45) is 0. The van der Waals surface area contributed by atoms with Crippen LogP contribution in [0.2, 0.25) is 0 Å². The molecule has 0 N–H and O–H groups in total. The Morgan fingerprint density at radius 2 is 0.353 bits per heavy atom. The summed E-state index contributed by atoms with van der Waals surface area (Å²) in [6.45, 7) is 0. The fourth-order valence-electron chi connectivity index (χ4n) is 20.7. The predicted octanol–water partition coefficient (Wildman–Crippen LogP) is 37.0. The van der Waals surface area contributed by atoms with E-state index >= 15 is 0 Å². The van der Waals surface area contributed by atoms with E-state index in [1.807, 2.05) is 163 Å². The van der Waals surface area contributed by atoms with E-state index in [1.165, 1.54) is 57.0 Å². The first-order valence-electron chi connectivity index (χ1n) is 49.8. The Kier molecular flexibility index (Phi) is 22.0. The second-order valence-corrected chi connectivity index (χ2v) is 39.4. The molecule has 150 heavy (non-hydrogen) atoms. The highest BCUT2D eigenvalue weighted by Gasteiger charge is 2.25. The fourth-order valence-corrected chi connectivity index (χ4v) is 23.0. The number of rotatable bonds is 15. The van der Waals surface area contributed by atoms with E-state index in [1.54, 1.807) is 11.3 Å². The van der Waals surface area contributed by atoms with Crippen molar-refractivity contribution in [1.82, 2.24) is 44.9 Å². The van der Waals surface area contributed by atoms with E-state index in [0.29, 0.717) is 52.4 Å². The third kappa shape index (κ3) is 16.5. The van der Waals surface area contributed by atoms with E-state index < -0.39 is 0 Å². The summed E-state index contributed by atoms with van der Waals surface area (Å²) in [7, 11) is 0. The van der Waals surface area contributed by atoms with Crippen LogP contribution in [-0.4, -0.2) is 44.9 Å². The SMILES string of the molecule is c1ccc(-c2ccc(-c3nc(-c4ccc5c(c4)oc4ccccc45)nc(-c4ccc5c(c4)oc4cccc(-c6ccccc6)c45)n3)cc2)cc1.c1ccc(-c2ccc(-c3nc(-c4ccc5c(c4)sc4ccccc45)nc(-c4ccc5c(c4)sc4cccc(-c6ccccc6)c45)n3)cc2)cc1.c1ccc(-c2cccc(-c3nc(-c4ccc5c(c4)oc4ccccc45)nc(-c4ccc5c(c4)oc4cccc(-c6ccccc6)c45)n3)c2)cc1. The molecule has 0 radical (unpaired) electrons. The molecule has 0 fully saturated rings. The largest absolute Gasteiger partial charge is 0.456 e. The van der Waals surface area contributed by atoms with Crippen molar-refractivity contribution >= 4 is 151 Å². The standard InChI is InChI=1S/2C45H27N3O2.C45H27N3S2/c1-3-11-28(12-4-1)30-15-9-16-31(25-30)43-46-44(32-21-23-36-35-17-7-8-19-38(35)49-40(36)26-32)48-45(47-43)33-22-24-37-41(27-33)50-39-20-10-18-34(42(37)39)29-13-5-2-6-14-29;2*1-3-10-28(11-4-1)29-18-20-31(21-19-29)43-46-44(32-22-24-36-35-14-7-8-16-38(35)49-40(36)26-32)48-45(47-43)33-23-25-37-41(27-33)50-39-17-9-15-34(42(37)39)30-12-5-2-6-13-30/h3*1-27H. The van der Waals surface area contributed by atoms with Crippen LogP contribution in [0.4, 0.5) is 0 Å². The summed E-state index contributed by atoms with van der Waals surface area (Å²) in [5.41, 5.74) is 28.5. The maximum atomic E-state index is 6.46. The molecule has 21 aromatic carbocycles. The van der Waals surface area contributed by atoms with Crippen LogP contribution in [0.5, 0.6) is 0 Å². The summed E-state index contributed by atoms with van der Waals surface area (Å²) in [4.78, 5) is 45.6. The number of furan rings is 4. The lowest BCUT2D eigenvalue weighted by Crippen LogP contribution is -2.00. The molecule has 9 aromatic heterocycles. The van der Waals surface area contributed by atoms with Gasteiger partial charge in [-0.3, -0.25) is 0 Å². The lowest BCUT2D eigenvalue weighted by molar-refractivity contribution is 0.668. The summed E-state index contributed by atoms with van der Waals surface area (Å²) < 4.78 is 30.4. The molecule has 0 amide bonds. The van der Waals surface area contributed by atoms with Crippen LogP contribution in [0.15, 0.2) is 509 Å². The Morgan fingerprint density at radius 1 is 0.120 bits per heavy atom.